The number of piperidine rings is 1. The van der Waals surface area contributed by atoms with Crippen LogP contribution in [-0.4, -0.2) is 71.5 Å². The highest BCUT2D eigenvalue weighted by Gasteiger charge is 2.58. The average Bonchev–Trinajstić information content (AvgIpc) is 3.50. The number of aliphatic hydroxyl groups excluding tert-OH is 1. The van der Waals surface area contributed by atoms with Gasteiger partial charge in [-0.25, -0.2) is 14.5 Å². The van der Waals surface area contributed by atoms with Crippen LogP contribution in [0, 0.1) is 18.2 Å². The van der Waals surface area contributed by atoms with Crippen molar-refractivity contribution in [2.75, 3.05) is 33.4 Å². The van der Waals surface area contributed by atoms with Gasteiger partial charge in [-0.15, -0.1) is 0 Å². The molecule has 0 radical (unpaired) electrons. The second-order valence-electron chi connectivity index (χ2n) is 10.4. The molecule has 1 spiro atoms. The first-order valence-corrected chi connectivity index (χ1v) is 14.7. The smallest absolute Gasteiger partial charge is 0.276 e. The van der Waals surface area contributed by atoms with Gasteiger partial charge in [-0.3, -0.25) is 4.79 Å². The van der Waals surface area contributed by atoms with Crippen molar-refractivity contribution in [2.45, 2.75) is 31.7 Å². The molecule has 1 amide bonds. The van der Waals surface area contributed by atoms with E-state index in [9.17, 15) is 22.7 Å². The number of nitrogens with two attached hydrogens (primary N) is 1. The van der Waals surface area contributed by atoms with E-state index in [1.165, 1.54) is 24.1 Å². The fourth-order valence-electron chi connectivity index (χ4n) is 6.14. The summed E-state index contributed by atoms with van der Waals surface area (Å²) < 4.78 is 47.9. The van der Waals surface area contributed by atoms with Gasteiger partial charge in [0.15, 0.2) is 0 Å². The molecular weight excluding hydrogens is 561 g/mol. The third kappa shape index (κ3) is 5.10. The molecule has 2 aromatic carbocycles. The van der Waals surface area contributed by atoms with Crippen LogP contribution in [0.3, 0.4) is 0 Å². The molecule has 40 heavy (non-hydrogen) atoms. The van der Waals surface area contributed by atoms with Crippen LogP contribution in [0.2, 0.25) is 5.02 Å². The molecule has 3 aromatic rings. The number of hydrogen-bond acceptors (Lipinski definition) is 6. The van der Waals surface area contributed by atoms with E-state index in [-0.39, 0.29) is 24.0 Å². The third-order valence-electron chi connectivity index (χ3n) is 8.00. The van der Waals surface area contributed by atoms with Gasteiger partial charge in [-0.2, -0.15) is 12.7 Å². The molecule has 214 valence electrons. The van der Waals surface area contributed by atoms with Crippen LogP contribution >= 0.6 is 11.6 Å². The minimum absolute atomic E-state index is 0.000677. The Kier molecular flexibility index (Phi) is 7.66. The Labute approximate surface area is 237 Å². The Morgan fingerprint density at radius 2 is 2.08 bits per heavy atom. The maximum absolute atomic E-state index is 14.4. The molecule has 0 saturated carbocycles. The lowest BCUT2D eigenvalue weighted by Crippen LogP contribution is -2.54. The minimum Gasteiger partial charge on any atom is -0.495 e. The molecule has 2 saturated heterocycles. The number of likely N-dealkylation sites (tertiary alicyclic amines) is 1. The van der Waals surface area contributed by atoms with Gasteiger partial charge in [0.05, 0.1) is 42.9 Å². The number of ether oxygens (including phenoxy) is 1. The molecule has 0 bridgehead atoms. The second kappa shape index (κ2) is 10.7. The van der Waals surface area contributed by atoms with Gasteiger partial charge in [0.1, 0.15) is 11.6 Å². The number of carbonyl (C=O) groups excluding carboxylic acids is 1. The van der Waals surface area contributed by atoms with Crippen molar-refractivity contribution in [1.29, 1.82) is 0 Å². The van der Waals surface area contributed by atoms with Crippen molar-refractivity contribution < 1.29 is 27.4 Å². The molecule has 2 aliphatic heterocycles. The lowest BCUT2D eigenvalue weighted by Gasteiger charge is -2.45. The van der Waals surface area contributed by atoms with Crippen LogP contribution < -0.4 is 9.88 Å². The lowest BCUT2D eigenvalue weighted by molar-refractivity contribution is -0.150. The van der Waals surface area contributed by atoms with E-state index in [0.717, 1.165) is 21.8 Å². The minimum atomic E-state index is -4.11. The molecule has 2 aliphatic rings. The van der Waals surface area contributed by atoms with E-state index >= 15 is 0 Å². The van der Waals surface area contributed by atoms with Crippen molar-refractivity contribution >= 4 is 27.7 Å². The van der Waals surface area contributed by atoms with Gasteiger partial charge in [0.25, 0.3) is 10.2 Å². The predicted octanol–water partition coefficient (Wildman–Crippen LogP) is 2.93. The molecule has 2 fully saturated rings. The van der Waals surface area contributed by atoms with Gasteiger partial charge < -0.3 is 19.3 Å². The Balaban J connectivity index is 1.58. The third-order valence-corrected chi connectivity index (χ3v) is 9.21. The number of benzene rings is 2. The Bertz CT molecular complexity index is 1530. The van der Waals surface area contributed by atoms with Gasteiger partial charge in [0.2, 0.25) is 5.91 Å². The molecule has 0 aliphatic carbocycles. The summed E-state index contributed by atoms with van der Waals surface area (Å²) in [6, 6.07) is 8.57. The summed E-state index contributed by atoms with van der Waals surface area (Å²) in [7, 11) is -2.57. The number of rotatable bonds is 7. The van der Waals surface area contributed by atoms with Crippen molar-refractivity contribution in [2.24, 2.45) is 10.6 Å². The highest BCUT2D eigenvalue weighted by atomic mass is 35.5. The monoisotopic (exact) mass is 591 g/mol. The van der Waals surface area contributed by atoms with E-state index < -0.39 is 40.0 Å². The van der Waals surface area contributed by atoms with Crippen molar-refractivity contribution in [3.05, 3.63) is 76.6 Å². The number of imidazole rings is 1. The summed E-state index contributed by atoms with van der Waals surface area (Å²) in [5.74, 6) is -0.937. The van der Waals surface area contributed by atoms with Gasteiger partial charge >= 0.3 is 0 Å². The summed E-state index contributed by atoms with van der Waals surface area (Å²) in [4.78, 5) is 20.2. The van der Waals surface area contributed by atoms with Crippen molar-refractivity contribution in [3.8, 4) is 11.4 Å². The number of aryl methyl sites for hydroxylation is 1. The van der Waals surface area contributed by atoms with Crippen LogP contribution in [0.4, 0.5) is 4.39 Å². The SMILES string of the molecule is COc1cc(C2CN(S(N)(=O)=O)CC23CCCN([C@@H](CO)c2cc(F)cc(Cl)c2)C3=O)ccc1-n1cnc(C)c1. The van der Waals surface area contributed by atoms with Gasteiger partial charge in [0, 0.05) is 36.8 Å². The van der Waals surface area contributed by atoms with E-state index in [4.69, 9.17) is 21.5 Å². The average molecular weight is 592 g/mol. The number of hydrogen-bond donors (Lipinski definition) is 2. The summed E-state index contributed by atoms with van der Waals surface area (Å²) in [5.41, 5.74) is 1.48. The Morgan fingerprint density at radius 3 is 2.70 bits per heavy atom. The summed E-state index contributed by atoms with van der Waals surface area (Å²) >= 11 is 6.08. The molecule has 5 rings (SSSR count). The number of carbonyl (C=O) groups is 1. The van der Waals surface area contributed by atoms with Crippen LogP contribution in [0.25, 0.3) is 5.69 Å². The van der Waals surface area contributed by atoms with Gasteiger partial charge in [-0.05, 0) is 61.2 Å². The zero-order valence-electron chi connectivity index (χ0n) is 22.1. The Morgan fingerprint density at radius 1 is 1.30 bits per heavy atom. The van der Waals surface area contributed by atoms with E-state index in [0.29, 0.717) is 36.3 Å². The zero-order valence-corrected chi connectivity index (χ0v) is 23.7. The molecule has 10 nitrogen and oxygen atoms in total. The number of nitrogens with zero attached hydrogens (tertiary/aromatic N) is 4. The second-order valence-corrected chi connectivity index (χ2v) is 12.4. The molecule has 1 aromatic heterocycles. The first-order valence-electron chi connectivity index (χ1n) is 12.8. The van der Waals surface area contributed by atoms with Gasteiger partial charge in [-0.1, -0.05) is 17.7 Å². The van der Waals surface area contributed by atoms with Crippen LogP contribution in [0.5, 0.6) is 5.75 Å². The molecule has 13 heteroatoms. The standard InChI is InChI=1S/C27H31ClFN5O5S/c1-17-12-32(16-31-17)23-5-4-18(10-25(23)39-2)22-13-33(40(30,37)38)15-27(22)6-3-7-34(26(27)36)24(14-35)19-8-20(28)11-21(29)9-19/h4-5,8-12,16,22,24,35H,3,6-7,13-15H2,1-2H3,(H2,30,37,38)/t22?,24-,27?/m0/s1. The Hall–Kier alpha value is -3.03. The number of amides is 1. The molecule has 3 atom stereocenters. The largest absolute Gasteiger partial charge is 0.495 e. The molecule has 3 heterocycles. The zero-order chi connectivity index (χ0) is 28.8. The maximum atomic E-state index is 14.4. The highest BCUT2D eigenvalue weighted by molar-refractivity contribution is 7.86. The number of aliphatic hydroxyl groups is 1. The first kappa shape index (κ1) is 28.5. The maximum Gasteiger partial charge on any atom is 0.276 e. The summed E-state index contributed by atoms with van der Waals surface area (Å²) in [6.07, 6.45) is 4.48. The summed E-state index contributed by atoms with van der Waals surface area (Å²) in [5, 5.41) is 16.0. The fourth-order valence-corrected chi connectivity index (χ4v) is 7.14. The number of methoxy groups -OCH3 is 1. The molecule has 3 N–H and O–H groups in total. The lowest BCUT2D eigenvalue weighted by atomic mass is 9.68. The summed E-state index contributed by atoms with van der Waals surface area (Å²) in [6.45, 7) is 1.61. The normalized spacial score (nSPS) is 22.7. The number of halogens is 2. The van der Waals surface area contributed by atoms with Crippen molar-refractivity contribution in [3.63, 3.8) is 0 Å². The first-order chi connectivity index (χ1) is 19.0. The fraction of sp³-hybridized carbons (Fsp3) is 0.407. The van der Waals surface area contributed by atoms with E-state index in [1.807, 2.05) is 35.9 Å². The van der Waals surface area contributed by atoms with Crippen LogP contribution in [-0.2, 0) is 15.0 Å². The molecule has 2 unspecified atom stereocenters. The highest BCUT2D eigenvalue weighted by Crippen LogP contribution is 2.51. The number of aromatic nitrogens is 2. The topological polar surface area (TPSA) is 131 Å². The van der Waals surface area contributed by atoms with Crippen LogP contribution in [0.15, 0.2) is 48.9 Å². The quantitative estimate of drug-likeness (QED) is 0.434. The van der Waals surface area contributed by atoms with E-state index in [2.05, 4.69) is 4.98 Å². The van der Waals surface area contributed by atoms with Crippen LogP contribution in [0.1, 0.15) is 41.6 Å². The van der Waals surface area contributed by atoms with E-state index in [1.54, 1.807) is 6.33 Å². The predicted molar refractivity (Wildman–Crippen MR) is 147 cm³/mol. The van der Waals surface area contributed by atoms with Crippen molar-refractivity contribution in [1.82, 2.24) is 18.8 Å². The molecular formula is C27H31ClFN5O5S.